The van der Waals surface area contributed by atoms with Crippen molar-refractivity contribution in [3.8, 4) is 0 Å². The Labute approximate surface area is 142 Å². The van der Waals surface area contributed by atoms with Crippen molar-refractivity contribution in [1.29, 1.82) is 0 Å². The Balaban J connectivity index is 1.54. The minimum Gasteiger partial charge on any atom is -0.384 e. The highest BCUT2D eigenvalue weighted by Crippen LogP contribution is 2.43. The second-order valence-corrected chi connectivity index (χ2v) is 8.49. The van der Waals surface area contributed by atoms with E-state index in [1.165, 1.54) is 0 Å². The Bertz CT molecular complexity index is 675. The van der Waals surface area contributed by atoms with E-state index >= 15 is 0 Å². The first-order valence-corrected chi connectivity index (χ1v) is 9.86. The summed E-state index contributed by atoms with van der Waals surface area (Å²) in [5.41, 5.74) is 0. The van der Waals surface area contributed by atoms with Crippen LogP contribution in [0.25, 0.3) is 0 Å². The number of ether oxygens (including phenoxy) is 2. The summed E-state index contributed by atoms with van der Waals surface area (Å²) in [5.74, 6) is 0.0535. The quantitative estimate of drug-likeness (QED) is 0.791. The Morgan fingerprint density at radius 2 is 2.08 bits per heavy atom. The molecule has 0 bridgehead atoms. The predicted octanol–water partition coefficient (Wildman–Crippen LogP) is 1.02. The van der Waals surface area contributed by atoms with Gasteiger partial charge in [-0.25, -0.2) is 8.42 Å². The number of nitrogens with one attached hydrogen (secondary N) is 1. The van der Waals surface area contributed by atoms with Gasteiger partial charge < -0.3 is 14.8 Å². The molecule has 0 spiro atoms. The number of benzene rings is 1. The molecule has 0 aromatic heterocycles. The summed E-state index contributed by atoms with van der Waals surface area (Å²) in [5, 5.41) is 2.98. The van der Waals surface area contributed by atoms with Crippen molar-refractivity contribution in [3.05, 3.63) is 30.3 Å². The van der Waals surface area contributed by atoms with Crippen LogP contribution in [-0.4, -0.2) is 52.5 Å². The zero-order chi connectivity index (χ0) is 17.2. The van der Waals surface area contributed by atoms with Crippen molar-refractivity contribution in [2.45, 2.75) is 29.9 Å². The molecule has 1 saturated carbocycles. The molecule has 2 fully saturated rings. The second kappa shape index (κ2) is 7.21. The van der Waals surface area contributed by atoms with Gasteiger partial charge in [0.1, 0.15) is 0 Å². The molecule has 3 rings (SSSR count). The first kappa shape index (κ1) is 17.4. The summed E-state index contributed by atoms with van der Waals surface area (Å²) in [7, 11) is -1.80. The van der Waals surface area contributed by atoms with Gasteiger partial charge in [-0.1, -0.05) is 18.2 Å². The molecule has 0 radical (unpaired) electrons. The van der Waals surface area contributed by atoms with E-state index in [9.17, 15) is 13.2 Å². The molecule has 1 amide bonds. The van der Waals surface area contributed by atoms with Crippen LogP contribution in [0.1, 0.15) is 12.8 Å². The van der Waals surface area contributed by atoms with Crippen molar-refractivity contribution in [2.24, 2.45) is 11.8 Å². The van der Waals surface area contributed by atoms with E-state index in [2.05, 4.69) is 5.32 Å². The Morgan fingerprint density at radius 1 is 1.33 bits per heavy atom. The topological polar surface area (TPSA) is 81.7 Å². The van der Waals surface area contributed by atoms with Gasteiger partial charge in [0, 0.05) is 38.0 Å². The van der Waals surface area contributed by atoms with Gasteiger partial charge in [-0.3, -0.25) is 4.79 Å². The fourth-order valence-electron chi connectivity index (χ4n) is 3.67. The van der Waals surface area contributed by atoms with Crippen molar-refractivity contribution in [3.63, 3.8) is 0 Å². The molecule has 1 aromatic rings. The number of carbonyl (C=O) groups is 1. The van der Waals surface area contributed by atoms with Gasteiger partial charge in [-0.05, 0) is 18.6 Å². The van der Waals surface area contributed by atoms with E-state index < -0.39 is 9.84 Å². The van der Waals surface area contributed by atoms with Crippen LogP contribution in [0.4, 0.5) is 0 Å². The number of amides is 1. The third-order valence-electron chi connectivity index (χ3n) is 4.91. The van der Waals surface area contributed by atoms with Crippen LogP contribution >= 0.6 is 0 Å². The molecular weight excluding hydrogens is 330 g/mol. The van der Waals surface area contributed by atoms with Crippen molar-refractivity contribution >= 4 is 15.7 Å². The summed E-state index contributed by atoms with van der Waals surface area (Å²) < 4.78 is 35.4. The predicted molar refractivity (Wildman–Crippen MR) is 88.3 cm³/mol. The zero-order valence-corrected chi connectivity index (χ0v) is 14.5. The summed E-state index contributed by atoms with van der Waals surface area (Å²) >= 11 is 0. The van der Waals surface area contributed by atoms with Crippen LogP contribution < -0.4 is 5.32 Å². The average molecular weight is 353 g/mol. The SMILES string of the molecule is COC[C@@H]1[C@@H](NC(=O)CCS(=O)(=O)c2ccccc2)[C@@H]2CCO[C@H]12. The molecule has 1 aliphatic carbocycles. The van der Waals surface area contributed by atoms with E-state index in [4.69, 9.17) is 9.47 Å². The minimum atomic E-state index is -3.43. The van der Waals surface area contributed by atoms with Crippen LogP contribution in [0.2, 0.25) is 0 Å². The monoisotopic (exact) mass is 353 g/mol. The lowest BCUT2D eigenvalue weighted by Gasteiger charge is -2.47. The molecular formula is C17H23NO5S. The normalized spacial score (nSPS) is 28.9. The van der Waals surface area contributed by atoms with E-state index in [1.54, 1.807) is 37.4 Å². The maximum atomic E-state index is 12.2. The summed E-state index contributed by atoms with van der Waals surface area (Å²) in [6.07, 6.45) is 1.05. The minimum absolute atomic E-state index is 0.0179. The van der Waals surface area contributed by atoms with Crippen LogP contribution in [-0.2, 0) is 24.1 Å². The maximum Gasteiger partial charge on any atom is 0.221 e. The number of hydrogen-bond donors (Lipinski definition) is 1. The number of hydrogen-bond acceptors (Lipinski definition) is 5. The lowest BCUT2D eigenvalue weighted by molar-refractivity contribution is -0.129. The fraction of sp³-hybridized carbons (Fsp3) is 0.588. The summed E-state index contributed by atoms with van der Waals surface area (Å²) in [6.45, 7) is 1.25. The first-order chi connectivity index (χ1) is 11.5. The highest BCUT2D eigenvalue weighted by atomic mass is 32.2. The lowest BCUT2D eigenvalue weighted by atomic mass is 9.67. The van der Waals surface area contributed by atoms with Gasteiger partial charge in [0.25, 0.3) is 0 Å². The molecule has 132 valence electrons. The maximum absolute atomic E-state index is 12.2. The van der Waals surface area contributed by atoms with E-state index in [0.717, 1.165) is 6.42 Å². The summed E-state index contributed by atoms with van der Waals surface area (Å²) in [6, 6.07) is 8.23. The average Bonchev–Trinajstić information content (AvgIpc) is 3.01. The molecule has 24 heavy (non-hydrogen) atoms. The molecule has 7 heteroatoms. The molecule has 1 heterocycles. The fourth-order valence-corrected chi connectivity index (χ4v) is 4.93. The standard InChI is InChI=1S/C17H23NO5S/c1-22-11-14-16(13-7-9-23-17(13)14)18-15(19)8-10-24(20,21)12-5-3-2-4-6-12/h2-6,13-14,16-17H,7-11H2,1H3,(H,18,19)/t13-,14+,16-,17-/m0/s1. The van der Waals surface area contributed by atoms with Gasteiger partial charge in [0.15, 0.2) is 9.84 Å². The number of rotatable bonds is 7. The second-order valence-electron chi connectivity index (χ2n) is 6.38. The third kappa shape index (κ3) is 3.48. The molecule has 1 saturated heterocycles. The van der Waals surface area contributed by atoms with Gasteiger partial charge in [0.05, 0.1) is 23.4 Å². The number of carbonyl (C=O) groups excluding carboxylic acids is 1. The molecule has 6 nitrogen and oxygen atoms in total. The Morgan fingerprint density at radius 3 is 2.79 bits per heavy atom. The van der Waals surface area contributed by atoms with E-state index in [1.807, 2.05) is 0 Å². The number of methoxy groups -OCH3 is 1. The lowest BCUT2D eigenvalue weighted by Crippen LogP contribution is -2.62. The largest absolute Gasteiger partial charge is 0.384 e. The van der Waals surface area contributed by atoms with Crippen LogP contribution in [0, 0.1) is 11.8 Å². The molecule has 2 aliphatic rings. The van der Waals surface area contributed by atoms with E-state index in [-0.39, 0.29) is 41.0 Å². The van der Waals surface area contributed by atoms with Crippen LogP contribution in [0.15, 0.2) is 35.2 Å². The van der Waals surface area contributed by atoms with Crippen LogP contribution in [0.3, 0.4) is 0 Å². The van der Waals surface area contributed by atoms with Crippen molar-refractivity contribution in [1.82, 2.24) is 5.32 Å². The molecule has 1 aromatic carbocycles. The van der Waals surface area contributed by atoms with Crippen molar-refractivity contribution < 1.29 is 22.7 Å². The first-order valence-electron chi connectivity index (χ1n) is 8.20. The zero-order valence-electron chi connectivity index (χ0n) is 13.7. The molecule has 1 N–H and O–H groups in total. The Kier molecular flexibility index (Phi) is 5.22. The van der Waals surface area contributed by atoms with Gasteiger partial charge in [-0.2, -0.15) is 0 Å². The number of fused-ring (bicyclic) bond motifs is 1. The van der Waals surface area contributed by atoms with E-state index in [0.29, 0.717) is 19.1 Å². The van der Waals surface area contributed by atoms with Crippen LogP contribution in [0.5, 0.6) is 0 Å². The molecule has 1 aliphatic heterocycles. The highest BCUT2D eigenvalue weighted by molar-refractivity contribution is 7.91. The van der Waals surface area contributed by atoms with Gasteiger partial charge in [0.2, 0.25) is 5.91 Å². The van der Waals surface area contributed by atoms with Crippen molar-refractivity contribution in [2.75, 3.05) is 26.1 Å². The highest BCUT2D eigenvalue weighted by Gasteiger charge is 2.54. The third-order valence-corrected chi connectivity index (χ3v) is 6.65. The number of sulfone groups is 1. The molecule has 4 atom stereocenters. The molecule has 0 unspecified atom stereocenters. The summed E-state index contributed by atoms with van der Waals surface area (Å²) in [4.78, 5) is 12.5. The van der Waals surface area contributed by atoms with Gasteiger partial charge >= 0.3 is 0 Å². The van der Waals surface area contributed by atoms with Gasteiger partial charge in [-0.15, -0.1) is 0 Å². The Hall–Kier alpha value is -1.44. The smallest absolute Gasteiger partial charge is 0.221 e.